The van der Waals surface area contributed by atoms with Gasteiger partial charge in [-0.25, -0.2) is 9.59 Å². The number of carbonyl (C=O) groups excluding carboxylic acids is 2. The van der Waals surface area contributed by atoms with Gasteiger partial charge in [0.15, 0.2) is 12.6 Å². The van der Waals surface area contributed by atoms with Crippen LogP contribution in [-0.2, 0) is 14.3 Å². The van der Waals surface area contributed by atoms with Gasteiger partial charge in [-0.05, 0) is 24.6 Å². The highest BCUT2D eigenvalue weighted by Crippen LogP contribution is 2.28. The van der Waals surface area contributed by atoms with Crippen LogP contribution in [0.5, 0.6) is 0 Å². The maximum Gasteiger partial charge on any atom is 0.361 e. The summed E-state index contributed by atoms with van der Waals surface area (Å²) in [6, 6.07) is 18.8. The van der Waals surface area contributed by atoms with E-state index < -0.39 is 6.10 Å². The van der Waals surface area contributed by atoms with E-state index in [4.69, 9.17) is 9.47 Å². The first-order chi connectivity index (χ1) is 13.6. The number of benzene rings is 2. The monoisotopic (exact) mass is 382 g/mol. The minimum Gasteiger partial charge on any atom is -0.462 e. The second-order valence-corrected chi connectivity index (χ2v) is 7.31. The molecule has 1 atom stereocenters. The molecule has 0 amide bonds. The van der Waals surface area contributed by atoms with E-state index >= 15 is 0 Å². The standard InChI is InChI=1S/C23H28NO4/c1-2-27-22(25)18-24(15-9-10-16-24)17-21(19-11-5-3-6-12-19)28-23(26)20-13-7-4-8-14-20/h3-8,11-14,21H,2,9-10,15-18H2,1H3/q+1. The van der Waals surface area contributed by atoms with Crippen LogP contribution in [0.3, 0.4) is 0 Å². The van der Waals surface area contributed by atoms with Gasteiger partial charge in [0.1, 0.15) is 6.54 Å². The molecule has 0 N–H and O–H groups in total. The van der Waals surface area contributed by atoms with Crippen LogP contribution in [0.25, 0.3) is 0 Å². The van der Waals surface area contributed by atoms with E-state index in [1.54, 1.807) is 12.1 Å². The third-order valence-corrected chi connectivity index (χ3v) is 5.27. The van der Waals surface area contributed by atoms with Crippen LogP contribution >= 0.6 is 0 Å². The molecule has 0 bridgehead atoms. The third-order valence-electron chi connectivity index (χ3n) is 5.27. The smallest absolute Gasteiger partial charge is 0.361 e. The second kappa shape index (κ2) is 9.51. The van der Waals surface area contributed by atoms with Crippen LogP contribution < -0.4 is 0 Å². The van der Waals surface area contributed by atoms with Gasteiger partial charge in [0, 0.05) is 12.8 Å². The minimum atomic E-state index is -0.415. The fraction of sp³-hybridized carbons (Fsp3) is 0.391. The number of carbonyl (C=O) groups is 2. The maximum absolute atomic E-state index is 12.7. The predicted molar refractivity (Wildman–Crippen MR) is 107 cm³/mol. The van der Waals surface area contributed by atoms with Crippen LogP contribution in [0.2, 0.25) is 0 Å². The van der Waals surface area contributed by atoms with Gasteiger partial charge < -0.3 is 14.0 Å². The zero-order chi connectivity index (χ0) is 19.8. The van der Waals surface area contributed by atoms with Crippen molar-refractivity contribution >= 4 is 11.9 Å². The topological polar surface area (TPSA) is 52.6 Å². The second-order valence-electron chi connectivity index (χ2n) is 7.31. The summed E-state index contributed by atoms with van der Waals surface area (Å²) >= 11 is 0. The Hall–Kier alpha value is -2.66. The van der Waals surface area contributed by atoms with Gasteiger partial charge >= 0.3 is 11.9 Å². The molecule has 0 saturated carbocycles. The Morgan fingerprint density at radius 1 is 0.964 bits per heavy atom. The number of rotatable bonds is 8. The Balaban J connectivity index is 1.82. The quantitative estimate of drug-likeness (QED) is 0.515. The van der Waals surface area contributed by atoms with Gasteiger partial charge in [-0.15, -0.1) is 0 Å². The van der Waals surface area contributed by atoms with Gasteiger partial charge in [0.2, 0.25) is 0 Å². The summed E-state index contributed by atoms with van der Waals surface area (Å²) in [6.07, 6.45) is 1.71. The molecule has 0 spiro atoms. The molecule has 1 saturated heterocycles. The normalized spacial score (nSPS) is 16.3. The molecule has 1 fully saturated rings. The summed E-state index contributed by atoms with van der Waals surface area (Å²) in [7, 11) is 0. The van der Waals surface area contributed by atoms with E-state index in [9.17, 15) is 9.59 Å². The Kier molecular flexibility index (Phi) is 6.82. The summed E-state index contributed by atoms with van der Waals surface area (Å²) in [5.74, 6) is -0.534. The third kappa shape index (κ3) is 5.20. The fourth-order valence-corrected chi connectivity index (χ4v) is 3.89. The molecule has 2 aromatic carbocycles. The summed E-state index contributed by atoms with van der Waals surface area (Å²) in [5.41, 5.74) is 1.47. The Labute approximate surface area is 166 Å². The number of nitrogens with zero attached hydrogens (tertiary/aromatic N) is 1. The first-order valence-electron chi connectivity index (χ1n) is 9.93. The molecule has 0 radical (unpaired) electrons. The van der Waals surface area contributed by atoms with E-state index in [-0.39, 0.29) is 11.9 Å². The number of likely N-dealkylation sites (tertiary alicyclic amines) is 1. The van der Waals surface area contributed by atoms with Crippen molar-refractivity contribution < 1.29 is 23.5 Å². The molecule has 0 aliphatic carbocycles. The van der Waals surface area contributed by atoms with Gasteiger partial charge in [-0.2, -0.15) is 0 Å². The van der Waals surface area contributed by atoms with Crippen molar-refractivity contribution in [1.82, 2.24) is 0 Å². The molecule has 1 aliphatic heterocycles. The highest BCUT2D eigenvalue weighted by Gasteiger charge is 2.39. The molecule has 1 heterocycles. The summed E-state index contributed by atoms with van der Waals surface area (Å²) in [6.45, 7) is 4.88. The summed E-state index contributed by atoms with van der Waals surface area (Å²) in [5, 5.41) is 0. The molecule has 2 aromatic rings. The number of hydrogen-bond acceptors (Lipinski definition) is 4. The van der Waals surface area contributed by atoms with Crippen molar-refractivity contribution in [2.45, 2.75) is 25.9 Å². The highest BCUT2D eigenvalue weighted by atomic mass is 16.5. The Bertz CT molecular complexity index is 770. The molecule has 5 nitrogen and oxygen atoms in total. The minimum absolute atomic E-state index is 0.189. The molecular formula is C23H28NO4+. The van der Waals surface area contributed by atoms with Crippen molar-refractivity contribution in [2.24, 2.45) is 0 Å². The first kappa shape index (κ1) is 20.1. The van der Waals surface area contributed by atoms with Gasteiger partial charge in [-0.1, -0.05) is 48.5 Å². The van der Waals surface area contributed by atoms with E-state index in [1.165, 1.54) is 0 Å². The Morgan fingerprint density at radius 3 is 2.18 bits per heavy atom. The fourth-order valence-electron chi connectivity index (χ4n) is 3.89. The first-order valence-corrected chi connectivity index (χ1v) is 9.93. The van der Waals surface area contributed by atoms with Crippen LogP contribution in [-0.4, -0.2) is 49.2 Å². The number of esters is 2. The molecule has 148 valence electrons. The zero-order valence-corrected chi connectivity index (χ0v) is 16.4. The van der Waals surface area contributed by atoms with Crippen molar-refractivity contribution in [2.75, 3.05) is 32.8 Å². The SMILES string of the molecule is CCOC(=O)C[N+]1(CC(OC(=O)c2ccccc2)c2ccccc2)CCCC1. The predicted octanol–water partition coefficient (Wildman–Crippen LogP) is 3.76. The summed E-state index contributed by atoms with van der Waals surface area (Å²) < 4.78 is 11.7. The number of hydrogen-bond donors (Lipinski definition) is 0. The molecule has 3 rings (SSSR count). The average Bonchev–Trinajstić information content (AvgIpc) is 3.17. The van der Waals surface area contributed by atoms with Crippen molar-refractivity contribution in [3.05, 3.63) is 71.8 Å². The number of quaternary nitrogens is 1. The molecule has 28 heavy (non-hydrogen) atoms. The van der Waals surface area contributed by atoms with Crippen molar-refractivity contribution in [3.8, 4) is 0 Å². The van der Waals surface area contributed by atoms with Gasteiger partial charge in [0.05, 0.1) is 25.3 Å². The maximum atomic E-state index is 12.7. The largest absolute Gasteiger partial charge is 0.462 e. The molecule has 0 aromatic heterocycles. The lowest BCUT2D eigenvalue weighted by Gasteiger charge is -2.36. The lowest BCUT2D eigenvalue weighted by Crippen LogP contribution is -2.52. The molecule has 5 heteroatoms. The van der Waals surface area contributed by atoms with E-state index in [0.717, 1.165) is 31.5 Å². The zero-order valence-electron chi connectivity index (χ0n) is 16.4. The van der Waals surface area contributed by atoms with Crippen LogP contribution in [0.15, 0.2) is 60.7 Å². The molecular weight excluding hydrogens is 354 g/mol. The Morgan fingerprint density at radius 2 is 1.57 bits per heavy atom. The number of ether oxygens (including phenoxy) is 2. The van der Waals surface area contributed by atoms with Gasteiger partial charge in [0.25, 0.3) is 0 Å². The van der Waals surface area contributed by atoms with Crippen LogP contribution in [0, 0.1) is 0 Å². The van der Waals surface area contributed by atoms with Crippen molar-refractivity contribution in [1.29, 1.82) is 0 Å². The lowest BCUT2D eigenvalue weighted by molar-refractivity contribution is -0.913. The van der Waals surface area contributed by atoms with Crippen LogP contribution in [0.1, 0.15) is 41.8 Å². The highest BCUT2D eigenvalue weighted by molar-refractivity contribution is 5.89. The van der Waals surface area contributed by atoms with E-state index in [0.29, 0.717) is 29.7 Å². The molecule has 1 unspecified atom stereocenters. The van der Waals surface area contributed by atoms with E-state index in [2.05, 4.69) is 0 Å². The molecule has 1 aliphatic rings. The van der Waals surface area contributed by atoms with Crippen LogP contribution in [0.4, 0.5) is 0 Å². The summed E-state index contributed by atoms with van der Waals surface area (Å²) in [4.78, 5) is 24.9. The van der Waals surface area contributed by atoms with Crippen molar-refractivity contribution in [3.63, 3.8) is 0 Å². The van der Waals surface area contributed by atoms with E-state index in [1.807, 2.05) is 55.5 Å². The van der Waals surface area contributed by atoms with Gasteiger partial charge in [-0.3, -0.25) is 0 Å². The average molecular weight is 382 g/mol. The lowest BCUT2D eigenvalue weighted by atomic mass is 10.1.